The number of carbonyl (C=O) groups excluding carboxylic acids is 4. The number of hydrogen-bond acceptors (Lipinski definition) is 9. The number of nitrogens with zero attached hydrogens (tertiary/aromatic N) is 8. The highest BCUT2D eigenvalue weighted by molar-refractivity contribution is 6.04. The van der Waals surface area contributed by atoms with Crippen molar-refractivity contribution in [1.29, 1.82) is 0 Å². The van der Waals surface area contributed by atoms with Gasteiger partial charge >= 0.3 is 0 Å². The summed E-state index contributed by atoms with van der Waals surface area (Å²) in [5, 5.41) is 25.9. The molecule has 0 spiro atoms. The van der Waals surface area contributed by atoms with Crippen molar-refractivity contribution in [2.24, 2.45) is 11.5 Å². The molecule has 17 nitrogen and oxygen atoms in total. The predicted octanol–water partition coefficient (Wildman–Crippen LogP) is 3.62. The van der Waals surface area contributed by atoms with Gasteiger partial charge in [0.05, 0.1) is 46.1 Å². The number of carbonyl (C=O) groups is 4. The van der Waals surface area contributed by atoms with Crippen molar-refractivity contribution < 1.29 is 24.3 Å². The molecule has 7 N–H and O–H groups in total. The summed E-state index contributed by atoms with van der Waals surface area (Å²) in [7, 11) is 0. The van der Waals surface area contributed by atoms with Gasteiger partial charge in [0.15, 0.2) is 0 Å². The average Bonchev–Trinajstić information content (AvgIpc) is 3.89. The third kappa shape index (κ3) is 7.94. The number of nitrogens with two attached hydrogens (primary N) is 2. The molecule has 0 aliphatic heterocycles. The monoisotopic (exact) mass is 724 g/mol. The van der Waals surface area contributed by atoms with Crippen LogP contribution in [0, 0.1) is 13.8 Å². The third-order valence-corrected chi connectivity index (χ3v) is 8.46. The second-order valence-electron chi connectivity index (χ2n) is 12.1. The van der Waals surface area contributed by atoms with Gasteiger partial charge in [-0.1, -0.05) is 13.8 Å². The third-order valence-electron chi connectivity index (χ3n) is 8.46. The van der Waals surface area contributed by atoms with Gasteiger partial charge in [-0.3, -0.25) is 39.2 Å². The Balaban J connectivity index is 0.00000266. The van der Waals surface area contributed by atoms with E-state index in [2.05, 4.69) is 30.8 Å². The normalized spacial score (nSPS) is 11.7. The SMILES string of the molecule is CC.CCn1nc(C)cc1C(=O)Nc1nc2cc(C(N)=O)ccc2n1CCC(O)Cn1c(NC(=O)c2cc(C)nn2CC)nc2cc(C(N)=O)ccc21. The van der Waals surface area contributed by atoms with E-state index in [0.29, 0.717) is 57.9 Å². The van der Waals surface area contributed by atoms with E-state index in [1.165, 1.54) is 6.07 Å². The summed E-state index contributed by atoms with van der Waals surface area (Å²) in [5.41, 5.74) is 15.5. The maximum atomic E-state index is 13.4. The molecule has 1 unspecified atom stereocenters. The number of fused-ring (bicyclic) bond motifs is 2. The Morgan fingerprint density at radius 2 is 1.15 bits per heavy atom. The average molecular weight is 725 g/mol. The zero-order chi connectivity index (χ0) is 38.6. The lowest BCUT2D eigenvalue weighted by molar-refractivity contribution is 0.0992. The molecule has 0 fully saturated rings. The number of amides is 4. The van der Waals surface area contributed by atoms with Gasteiger partial charge in [0.1, 0.15) is 11.4 Å². The van der Waals surface area contributed by atoms with Crippen LogP contribution < -0.4 is 22.1 Å². The number of anilines is 2. The van der Waals surface area contributed by atoms with Crippen LogP contribution in [0.4, 0.5) is 11.9 Å². The van der Waals surface area contributed by atoms with Crippen LogP contribution in [0.15, 0.2) is 48.5 Å². The number of primary amides is 2. The Bertz CT molecular complexity index is 2330. The zero-order valence-electron chi connectivity index (χ0n) is 30.5. The fourth-order valence-electron chi connectivity index (χ4n) is 6.02. The van der Waals surface area contributed by atoms with Gasteiger partial charge in [0, 0.05) is 30.8 Å². The molecule has 6 rings (SSSR count). The number of rotatable bonds is 13. The van der Waals surface area contributed by atoms with Gasteiger partial charge in [0.2, 0.25) is 23.7 Å². The van der Waals surface area contributed by atoms with Gasteiger partial charge < -0.3 is 25.7 Å². The molecule has 0 saturated heterocycles. The Hall–Kier alpha value is -6.36. The second-order valence-corrected chi connectivity index (χ2v) is 12.1. The number of hydrogen-bond donors (Lipinski definition) is 5. The first-order valence-corrected chi connectivity index (χ1v) is 17.4. The van der Waals surface area contributed by atoms with E-state index < -0.39 is 29.7 Å². The predicted molar refractivity (Wildman–Crippen MR) is 200 cm³/mol. The largest absolute Gasteiger partial charge is 0.391 e. The highest BCUT2D eigenvalue weighted by atomic mass is 16.3. The summed E-state index contributed by atoms with van der Waals surface area (Å²) >= 11 is 0. The van der Waals surface area contributed by atoms with E-state index in [4.69, 9.17) is 11.5 Å². The molecule has 0 radical (unpaired) electrons. The van der Waals surface area contributed by atoms with E-state index in [9.17, 15) is 24.3 Å². The minimum absolute atomic E-state index is 0.00318. The number of nitrogens with one attached hydrogen (secondary N) is 2. The molecule has 0 saturated carbocycles. The Morgan fingerprint density at radius 3 is 1.58 bits per heavy atom. The molecule has 278 valence electrons. The van der Waals surface area contributed by atoms with Crippen LogP contribution in [0.1, 0.15) is 87.2 Å². The van der Waals surface area contributed by atoms with Crippen LogP contribution in [0.3, 0.4) is 0 Å². The van der Waals surface area contributed by atoms with E-state index in [1.807, 2.05) is 27.7 Å². The smallest absolute Gasteiger partial charge is 0.276 e. The molecule has 0 aliphatic rings. The molecular formula is C36H44N12O5. The molecule has 6 aromatic rings. The van der Waals surface area contributed by atoms with Crippen LogP contribution in [0.25, 0.3) is 22.1 Å². The van der Waals surface area contributed by atoms with E-state index >= 15 is 0 Å². The number of aliphatic hydroxyl groups excluding tert-OH is 1. The van der Waals surface area contributed by atoms with E-state index in [-0.39, 0.29) is 42.5 Å². The van der Waals surface area contributed by atoms with Crippen molar-refractivity contribution >= 4 is 57.6 Å². The summed E-state index contributed by atoms with van der Waals surface area (Å²) in [6.07, 6.45) is -0.820. The molecular weight excluding hydrogens is 680 g/mol. The molecule has 2 aromatic carbocycles. The molecule has 17 heteroatoms. The number of aromatic nitrogens is 8. The van der Waals surface area contributed by atoms with Gasteiger partial charge in [-0.15, -0.1) is 0 Å². The standard InChI is InChI=1S/C34H38N12O5.C2H6/c1-5-45-27(13-18(3)41-45)31(50)39-33-37-23-15-20(29(35)48)7-9-25(23)43(33)12-11-22(47)17-44-26-10-8-21(30(36)49)16-24(26)38-34(44)40-32(51)28-14-19(4)42-46(28)6-2;1-2/h7-10,13-16,22,47H,5-6,11-12,17H2,1-4H3,(H2,35,48)(H2,36,49)(H,37,39,50)(H,38,40,51);1-2H3. The summed E-state index contributed by atoms with van der Waals surface area (Å²) < 4.78 is 6.56. The van der Waals surface area contributed by atoms with Crippen LogP contribution in [0.2, 0.25) is 0 Å². The summed E-state index contributed by atoms with van der Waals surface area (Å²) in [6, 6.07) is 12.9. The lowest BCUT2D eigenvalue weighted by Crippen LogP contribution is -2.24. The van der Waals surface area contributed by atoms with Crippen LogP contribution >= 0.6 is 0 Å². The van der Waals surface area contributed by atoms with Crippen molar-refractivity contribution in [3.05, 3.63) is 82.4 Å². The van der Waals surface area contributed by atoms with Crippen molar-refractivity contribution in [2.75, 3.05) is 10.6 Å². The summed E-state index contributed by atoms with van der Waals surface area (Å²) in [6.45, 7) is 12.5. The quantitative estimate of drug-likeness (QED) is 0.117. The zero-order valence-corrected chi connectivity index (χ0v) is 30.5. The van der Waals surface area contributed by atoms with Crippen molar-refractivity contribution in [2.45, 2.75) is 80.2 Å². The summed E-state index contributed by atoms with van der Waals surface area (Å²) in [5.74, 6) is -1.77. The molecule has 0 aliphatic carbocycles. The Labute approximate surface area is 305 Å². The molecule has 4 amide bonds. The first-order chi connectivity index (χ1) is 25.4. The molecule has 0 bridgehead atoms. The van der Waals surface area contributed by atoms with Gasteiger partial charge in [-0.05, 0) is 82.6 Å². The minimum atomic E-state index is -0.993. The minimum Gasteiger partial charge on any atom is -0.391 e. The van der Waals surface area contributed by atoms with Gasteiger partial charge in [-0.2, -0.15) is 10.2 Å². The fourth-order valence-corrected chi connectivity index (χ4v) is 6.02. The van der Waals surface area contributed by atoms with Crippen LogP contribution in [-0.2, 0) is 26.2 Å². The first kappa shape index (κ1) is 37.9. The highest BCUT2D eigenvalue weighted by Crippen LogP contribution is 2.26. The Morgan fingerprint density at radius 1 is 0.717 bits per heavy atom. The van der Waals surface area contributed by atoms with Crippen molar-refractivity contribution in [3.8, 4) is 0 Å². The van der Waals surface area contributed by atoms with Gasteiger partial charge in [-0.25, -0.2) is 9.97 Å². The molecule has 4 heterocycles. The Kier molecular flexibility index (Phi) is 11.4. The molecule has 4 aromatic heterocycles. The van der Waals surface area contributed by atoms with Crippen LogP contribution in [0.5, 0.6) is 0 Å². The maximum Gasteiger partial charge on any atom is 0.276 e. The number of benzene rings is 2. The second kappa shape index (κ2) is 15.9. The number of imidazole rings is 2. The highest BCUT2D eigenvalue weighted by Gasteiger charge is 2.23. The lowest BCUT2D eigenvalue weighted by atomic mass is 10.2. The molecule has 1 atom stereocenters. The molecule has 53 heavy (non-hydrogen) atoms. The first-order valence-electron chi connectivity index (χ1n) is 17.4. The lowest BCUT2D eigenvalue weighted by Gasteiger charge is -2.17. The van der Waals surface area contributed by atoms with Gasteiger partial charge in [0.25, 0.3) is 11.8 Å². The number of aliphatic hydroxyl groups is 1. The van der Waals surface area contributed by atoms with Crippen LogP contribution in [-0.4, -0.2) is 73.5 Å². The van der Waals surface area contributed by atoms with Crippen molar-refractivity contribution in [3.63, 3.8) is 0 Å². The topological polar surface area (TPSA) is 236 Å². The fraction of sp³-hybridized carbons (Fsp3) is 0.333. The summed E-state index contributed by atoms with van der Waals surface area (Å²) in [4.78, 5) is 59.8. The van der Waals surface area contributed by atoms with E-state index in [1.54, 1.807) is 74.8 Å². The van der Waals surface area contributed by atoms with E-state index in [0.717, 1.165) is 0 Å². The number of aryl methyl sites for hydroxylation is 5. The van der Waals surface area contributed by atoms with Crippen molar-refractivity contribution in [1.82, 2.24) is 38.7 Å². The maximum absolute atomic E-state index is 13.4.